The monoisotopic (exact) mass is 239 g/mol. The van der Waals surface area contributed by atoms with Gasteiger partial charge in [-0.3, -0.25) is 0 Å². The number of para-hydroxylation sites is 1. The van der Waals surface area contributed by atoms with E-state index in [-0.39, 0.29) is 0 Å². The molecule has 0 aliphatic carbocycles. The predicted octanol–water partition coefficient (Wildman–Crippen LogP) is 3.03. The standard InChI is InChI=1S/C12H14ClNO2/c1-8-4-3-7-14(8)11-9(12(15)16)5-2-6-10(11)13/h2,5-6,8H,3-4,7H2,1H3,(H,15,16). The van der Waals surface area contributed by atoms with Crippen molar-refractivity contribution in [2.45, 2.75) is 25.8 Å². The van der Waals surface area contributed by atoms with Crippen LogP contribution in [0.1, 0.15) is 30.1 Å². The third kappa shape index (κ3) is 1.87. The minimum absolute atomic E-state index is 0.293. The first kappa shape index (κ1) is 11.3. The number of hydrogen-bond acceptors (Lipinski definition) is 2. The Labute approximate surface area is 99.6 Å². The van der Waals surface area contributed by atoms with E-state index in [0.29, 0.717) is 22.3 Å². The van der Waals surface area contributed by atoms with E-state index in [0.717, 1.165) is 19.4 Å². The first-order valence-corrected chi connectivity index (χ1v) is 5.77. The highest BCUT2D eigenvalue weighted by atomic mass is 35.5. The molecule has 0 spiro atoms. The van der Waals surface area contributed by atoms with Crippen LogP contribution >= 0.6 is 11.6 Å². The van der Waals surface area contributed by atoms with Gasteiger partial charge in [-0.2, -0.15) is 0 Å². The number of aromatic carboxylic acids is 1. The number of rotatable bonds is 2. The molecule has 1 aliphatic heterocycles. The molecule has 1 aliphatic rings. The molecule has 1 aromatic carbocycles. The number of anilines is 1. The molecule has 1 fully saturated rings. The molecule has 2 rings (SSSR count). The van der Waals surface area contributed by atoms with Crippen LogP contribution in [0.5, 0.6) is 0 Å². The normalized spacial score (nSPS) is 20.1. The van der Waals surface area contributed by atoms with Gasteiger partial charge in [-0.25, -0.2) is 4.79 Å². The number of carbonyl (C=O) groups is 1. The molecule has 4 heteroatoms. The van der Waals surface area contributed by atoms with Gasteiger partial charge in [0.25, 0.3) is 0 Å². The summed E-state index contributed by atoms with van der Waals surface area (Å²) in [5.74, 6) is -0.920. The van der Waals surface area contributed by atoms with Crippen molar-refractivity contribution in [3.63, 3.8) is 0 Å². The van der Waals surface area contributed by atoms with Crippen LogP contribution in [0.3, 0.4) is 0 Å². The van der Waals surface area contributed by atoms with Gasteiger partial charge in [-0.05, 0) is 31.9 Å². The fourth-order valence-electron chi connectivity index (χ4n) is 2.25. The molecule has 86 valence electrons. The zero-order chi connectivity index (χ0) is 11.7. The molecular weight excluding hydrogens is 226 g/mol. The molecule has 16 heavy (non-hydrogen) atoms. The average Bonchev–Trinajstić information content (AvgIpc) is 2.64. The lowest BCUT2D eigenvalue weighted by atomic mass is 10.1. The Morgan fingerprint density at radius 1 is 1.56 bits per heavy atom. The molecule has 1 heterocycles. The van der Waals surface area contributed by atoms with Gasteiger partial charge >= 0.3 is 5.97 Å². The van der Waals surface area contributed by atoms with Gasteiger partial charge in [0.1, 0.15) is 0 Å². The van der Waals surface area contributed by atoms with E-state index >= 15 is 0 Å². The molecule has 0 bridgehead atoms. The Kier molecular flexibility index (Phi) is 3.06. The molecule has 1 aromatic rings. The second-order valence-electron chi connectivity index (χ2n) is 4.13. The number of hydrogen-bond donors (Lipinski definition) is 1. The Hall–Kier alpha value is -1.22. The Morgan fingerprint density at radius 3 is 2.88 bits per heavy atom. The van der Waals surface area contributed by atoms with Gasteiger partial charge in [0.2, 0.25) is 0 Å². The van der Waals surface area contributed by atoms with Crippen molar-refractivity contribution in [1.82, 2.24) is 0 Å². The maximum atomic E-state index is 11.2. The van der Waals surface area contributed by atoms with Crippen molar-refractivity contribution in [3.8, 4) is 0 Å². The van der Waals surface area contributed by atoms with Crippen LogP contribution in [0.4, 0.5) is 5.69 Å². The van der Waals surface area contributed by atoms with Crippen LogP contribution in [-0.2, 0) is 0 Å². The minimum atomic E-state index is -0.920. The van der Waals surface area contributed by atoms with Gasteiger partial charge in [-0.1, -0.05) is 17.7 Å². The van der Waals surface area contributed by atoms with Gasteiger partial charge in [-0.15, -0.1) is 0 Å². The van der Waals surface area contributed by atoms with Crippen LogP contribution in [0, 0.1) is 0 Å². The Morgan fingerprint density at radius 2 is 2.31 bits per heavy atom. The fourth-order valence-corrected chi connectivity index (χ4v) is 2.53. The minimum Gasteiger partial charge on any atom is -0.478 e. The molecule has 1 atom stereocenters. The first-order valence-electron chi connectivity index (χ1n) is 5.39. The van der Waals surface area contributed by atoms with Gasteiger partial charge in [0.15, 0.2) is 0 Å². The number of carboxylic acid groups (broad SMARTS) is 1. The molecule has 3 nitrogen and oxygen atoms in total. The SMILES string of the molecule is CC1CCCN1c1c(Cl)cccc1C(=O)O. The maximum Gasteiger partial charge on any atom is 0.337 e. The summed E-state index contributed by atoms with van der Waals surface area (Å²) in [6.07, 6.45) is 2.18. The van der Waals surface area contributed by atoms with Gasteiger partial charge in [0, 0.05) is 12.6 Å². The van der Waals surface area contributed by atoms with Crippen molar-refractivity contribution in [2.24, 2.45) is 0 Å². The Bertz CT molecular complexity index is 419. The zero-order valence-corrected chi connectivity index (χ0v) is 9.87. The Balaban J connectivity index is 2.49. The summed E-state index contributed by atoms with van der Waals surface area (Å²) in [6, 6.07) is 5.39. The molecular formula is C12H14ClNO2. The third-order valence-electron chi connectivity index (χ3n) is 3.06. The predicted molar refractivity (Wildman–Crippen MR) is 64.5 cm³/mol. The van der Waals surface area contributed by atoms with E-state index in [1.165, 1.54) is 0 Å². The molecule has 0 aromatic heterocycles. The third-order valence-corrected chi connectivity index (χ3v) is 3.36. The van der Waals surface area contributed by atoms with Crippen molar-refractivity contribution in [2.75, 3.05) is 11.4 Å². The number of benzene rings is 1. The number of nitrogens with zero attached hydrogens (tertiary/aromatic N) is 1. The van der Waals surface area contributed by atoms with Crippen LogP contribution in [0.25, 0.3) is 0 Å². The van der Waals surface area contributed by atoms with Crippen molar-refractivity contribution >= 4 is 23.3 Å². The second kappa shape index (κ2) is 4.34. The highest BCUT2D eigenvalue weighted by molar-refractivity contribution is 6.34. The van der Waals surface area contributed by atoms with Crippen LogP contribution < -0.4 is 4.90 Å². The molecule has 1 saturated heterocycles. The molecule has 0 amide bonds. The van der Waals surface area contributed by atoms with Gasteiger partial charge < -0.3 is 10.0 Å². The quantitative estimate of drug-likeness (QED) is 0.863. The highest BCUT2D eigenvalue weighted by Gasteiger charge is 2.26. The largest absolute Gasteiger partial charge is 0.478 e. The first-order chi connectivity index (χ1) is 7.61. The van der Waals surface area contributed by atoms with E-state index in [4.69, 9.17) is 16.7 Å². The smallest absolute Gasteiger partial charge is 0.337 e. The topological polar surface area (TPSA) is 40.5 Å². The molecule has 1 unspecified atom stereocenters. The lowest BCUT2D eigenvalue weighted by Gasteiger charge is -2.26. The lowest BCUT2D eigenvalue weighted by Crippen LogP contribution is -2.28. The summed E-state index contributed by atoms with van der Waals surface area (Å²) in [7, 11) is 0. The lowest BCUT2D eigenvalue weighted by molar-refractivity contribution is 0.0697. The maximum absolute atomic E-state index is 11.2. The van der Waals surface area contributed by atoms with Crippen LogP contribution in [-0.4, -0.2) is 23.7 Å². The summed E-state index contributed by atoms with van der Waals surface area (Å²) < 4.78 is 0. The van der Waals surface area contributed by atoms with E-state index in [1.807, 2.05) is 0 Å². The molecule has 0 radical (unpaired) electrons. The van der Waals surface area contributed by atoms with E-state index in [1.54, 1.807) is 18.2 Å². The van der Waals surface area contributed by atoms with E-state index in [9.17, 15) is 4.79 Å². The number of carboxylic acids is 1. The average molecular weight is 240 g/mol. The van der Waals surface area contributed by atoms with Crippen LogP contribution in [0.2, 0.25) is 5.02 Å². The zero-order valence-electron chi connectivity index (χ0n) is 9.11. The summed E-state index contributed by atoms with van der Waals surface area (Å²) in [5, 5.41) is 9.67. The number of halogens is 1. The summed E-state index contributed by atoms with van der Waals surface area (Å²) in [6.45, 7) is 2.98. The molecule has 0 saturated carbocycles. The van der Waals surface area contributed by atoms with Crippen LogP contribution in [0.15, 0.2) is 18.2 Å². The van der Waals surface area contributed by atoms with Crippen molar-refractivity contribution in [1.29, 1.82) is 0 Å². The van der Waals surface area contributed by atoms with Crippen molar-refractivity contribution < 1.29 is 9.90 Å². The van der Waals surface area contributed by atoms with Gasteiger partial charge in [0.05, 0.1) is 16.3 Å². The van der Waals surface area contributed by atoms with E-state index < -0.39 is 5.97 Å². The molecule has 1 N–H and O–H groups in total. The summed E-state index contributed by atoms with van der Waals surface area (Å²) in [5.41, 5.74) is 0.961. The summed E-state index contributed by atoms with van der Waals surface area (Å²) >= 11 is 6.11. The second-order valence-corrected chi connectivity index (χ2v) is 4.53. The summed E-state index contributed by atoms with van der Waals surface area (Å²) in [4.78, 5) is 13.2. The highest BCUT2D eigenvalue weighted by Crippen LogP contribution is 2.34. The van der Waals surface area contributed by atoms with Crippen molar-refractivity contribution in [3.05, 3.63) is 28.8 Å². The van der Waals surface area contributed by atoms with E-state index in [2.05, 4.69) is 11.8 Å². The fraction of sp³-hybridized carbons (Fsp3) is 0.417.